The van der Waals surface area contributed by atoms with Crippen molar-refractivity contribution < 1.29 is 39.8 Å². The summed E-state index contributed by atoms with van der Waals surface area (Å²) in [5, 5.41) is 54.9. The Morgan fingerprint density at radius 3 is 1.01 bits per heavy atom. The average molecular weight is 1270 g/mol. The Morgan fingerprint density at radius 2 is 0.681 bits per heavy atom. The number of allylic oxidation sites excluding steroid dienone is 19. The van der Waals surface area contributed by atoms with Crippen molar-refractivity contribution in [2.24, 2.45) is 0 Å². The number of aliphatic hydroxyl groups is 5. The molecular weight excluding hydrogens is 1130 g/mol. The highest BCUT2D eigenvalue weighted by atomic mass is 16.7. The van der Waals surface area contributed by atoms with Crippen LogP contribution in [0.4, 0.5) is 0 Å². The van der Waals surface area contributed by atoms with Crippen molar-refractivity contribution in [2.45, 2.75) is 378 Å². The Hall–Kier alpha value is -3.41. The standard InChI is InChI=1S/C82H143NO8/c1-3-5-7-9-11-13-15-17-19-21-23-25-27-29-31-33-35-36-37-38-39-40-42-44-46-48-50-52-54-56-58-60-62-64-66-68-70-72-78(86)83-75(74-90-82-81(89)80(88)79(87)77(73-84)91-82)76(85)71-69-67-65-63-61-59-57-55-53-51-49-47-45-43-41-34-32-30-28-26-24-22-20-18-16-14-12-10-8-6-4-2/h5,7,11,13,17,19,23,25,29,31,35-36,38-39,42,44,48,50,69,71,75-77,79-82,84-85,87-89H,3-4,6,8-10,12,14-16,18,20-22,24,26-28,30,32-34,37,40-41,43,45-47,49,51-68,70,72-74H2,1-2H3,(H,83,86)/b7-5-,13-11-,19-17-,25-23-,31-29-,36-35-,39-38-,44-42-,50-48-,71-69+. The van der Waals surface area contributed by atoms with E-state index in [1.165, 1.54) is 205 Å². The summed E-state index contributed by atoms with van der Waals surface area (Å²) >= 11 is 0. The number of carbonyl (C=O) groups is 1. The zero-order chi connectivity index (χ0) is 65.7. The predicted molar refractivity (Wildman–Crippen MR) is 391 cm³/mol. The molecule has 7 unspecified atom stereocenters. The van der Waals surface area contributed by atoms with Crippen molar-refractivity contribution in [3.8, 4) is 0 Å². The van der Waals surface area contributed by atoms with Crippen LogP contribution in [0.1, 0.15) is 335 Å². The Morgan fingerprint density at radius 1 is 0.385 bits per heavy atom. The van der Waals surface area contributed by atoms with Gasteiger partial charge in [-0.15, -0.1) is 0 Å². The predicted octanol–water partition coefficient (Wildman–Crippen LogP) is 21.8. The summed E-state index contributed by atoms with van der Waals surface area (Å²) < 4.78 is 11.3. The van der Waals surface area contributed by atoms with Gasteiger partial charge in [0.2, 0.25) is 5.91 Å². The van der Waals surface area contributed by atoms with Crippen LogP contribution in [-0.4, -0.2) is 87.5 Å². The van der Waals surface area contributed by atoms with Crippen molar-refractivity contribution in [1.82, 2.24) is 5.32 Å². The number of nitrogens with one attached hydrogen (secondary N) is 1. The molecular formula is C82H143NO8. The van der Waals surface area contributed by atoms with E-state index in [0.717, 1.165) is 109 Å². The summed E-state index contributed by atoms with van der Waals surface area (Å²) in [6.45, 7) is 3.69. The lowest BCUT2D eigenvalue weighted by Gasteiger charge is -2.40. The molecule has 1 aliphatic rings. The Bertz CT molecular complexity index is 1860. The van der Waals surface area contributed by atoms with Crippen LogP contribution in [0.3, 0.4) is 0 Å². The molecule has 1 heterocycles. The van der Waals surface area contributed by atoms with Crippen LogP contribution < -0.4 is 5.32 Å². The maximum absolute atomic E-state index is 13.2. The van der Waals surface area contributed by atoms with Crippen molar-refractivity contribution in [3.05, 3.63) is 122 Å². The van der Waals surface area contributed by atoms with Gasteiger partial charge in [0, 0.05) is 6.42 Å². The van der Waals surface area contributed by atoms with Gasteiger partial charge < -0.3 is 40.3 Å². The molecule has 0 aromatic carbocycles. The van der Waals surface area contributed by atoms with Crippen LogP contribution >= 0.6 is 0 Å². The van der Waals surface area contributed by atoms with Crippen molar-refractivity contribution in [3.63, 3.8) is 0 Å². The number of hydrogen-bond donors (Lipinski definition) is 6. The molecule has 1 rings (SSSR count). The maximum atomic E-state index is 13.2. The normalized spacial score (nSPS) is 18.4. The van der Waals surface area contributed by atoms with Crippen LogP contribution in [-0.2, 0) is 14.3 Å². The highest BCUT2D eigenvalue weighted by Crippen LogP contribution is 2.23. The largest absolute Gasteiger partial charge is 0.394 e. The number of aliphatic hydroxyl groups excluding tert-OH is 5. The topological polar surface area (TPSA) is 149 Å². The van der Waals surface area contributed by atoms with Gasteiger partial charge in [-0.25, -0.2) is 0 Å². The molecule has 0 bridgehead atoms. The first kappa shape index (κ1) is 85.6. The number of ether oxygens (including phenoxy) is 2. The first-order valence-corrected chi connectivity index (χ1v) is 38.3. The molecule has 9 nitrogen and oxygen atoms in total. The molecule has 0 aliphatic carbocycles. The summed E-state index contributed by atoms with van der Waals surface area (Å²) in [6.07, 6.45) is 97.4. The summed E-state index contributed by atoms with van der Waals surface area (Å²) in [5.41, 5.74) is 0. The minimum absolute atomic E-state index is 0.184. The molecule has 6 N–H and O–H groups in total. The molecule has 524 valence electrons. The first-order valence-electron chi connectivity index (χ1n) is 38.3. The van der Waals surface area contributed by atoms with E-state index in [-0.39, 0.29) is 12.5 Å². The Kier molecular flexibility index (Phi) is 65.3. The molecule has 0 saturated carbocycles. The molecule has 0 aromatic rings. The van der Waals surface area contributed by atoms with Crippen molar-refractivity contribution >= 4 is 5.91 Å². The van der Waals surface area contributed by atoms with Gasteiger partial charge in [-0.1, -0.05) is 360 Å². The van der Waals surface area contributed by atoms with E-state index < -0.39 is 49.5 Å². The molecule has 9 heteroatoms. The number of rotatable bonds is 66. The zero-order valence-corrected chi connectivity index (χ0v) is 58.8. The molecule has 0 aromatic heterocycles. The Balaban J connectivity index is 2.13. The third kappa shape index (κ3) is 57.7. The molecule has 91 heavy (non-hydrogen) atoms. The smallest absolute Gasteiger partial charge is 0.220 e. The fourth-order valence-corrected chi connectivity index (χ4v) is 11.6. The summed E-state index contributed by atoms with van der Waals surface area (Å²) in [7, 11) is 0. The average Bonchev–Trinajstić information content (AvgIpc) is 1.70. The van der Waals surface area contributed by atoms with E-state index in [4.69, 9.17) is 9.47 Å². The third-order valence-electron chi connectivity index (χ3n) is 17.5. The number of hydrogen-bond acceptors (Lipinski definition) is 8. The zero-order valence-electron chi connectivity index (χ0n) is 58.8. The first-order chi connectivity index (χ1) is 44.8. The second kappa shape index (κ2) is 69.4. The fraction of sp³-hybridized carbons (Fsp3) is 0.744. The van der Waals surface area contributed by atoms with Crippen molar-refractivity contribution in [2.75, 3.05) is 13.2 Å². The maximum Gasteiger partial charge on any atom is 0.220 e. The minimum Gasteiger partial charge on any atom is -0.394 e. The van der Waals surface area contributed by atoms with Crippen LogP contribution in [0, 0.1) is 0 Å². The van der Waals surface area contributed by atoms with E-state index >= 15 is 0 Å². The highest BCUT2D eigenvalue weighted by Gasteiger charge is 2.44. The number of carbonyl (C=O) groups excluding carboxylic acids is 1. The van der Waals surface area contributed by atoms with Crippen molar-refractivity contribution in [1.29, 1.82) is 0 Å². The molecule has 1 amide bonds. The summed E-state index contributed by atoms with van der Waals surface area (Å²) in [5.74, 6) is -0.184. The third-order valence-corrected chi connectivity index (χ3v) is 17.5. The van der Waals surface area contributed by atoms with Gasteiger partial charge in [-0.3, -0.25) is 4.79 Å². The minimum atomic E-state index is -1.58. The van der Waals surface area contributed by atoms with Gasteiger partial charge in [-0.05, 0) is 89.9 Å². The SMILES string of the molecule is CC/C=C\C/C=C\C/C=C\C/C=C\C/C=C\C/C=C\C/C=C\C/C=C\C/C=C\CCCCCCCCCCCC(=O)NC(COC1OC(CO)C(O)C(O)C1O)C(O)/C=C/CCCCCCCCCCCCCCCCCCCCCCCCCCCCCCC. The van der Waals surface area contributed by atoms with E-state index in [1.54, 1.807) is 6.08 Å². The fourth-order valence-electron chi connectivity index (χ4n) is 11.6. The Labute approximate surface area is 560 Å². The van der Waals surface area contributed by atoms with Gasteiger partial charge in [0.15, 0.2) is 6.29 Å². The lowest BCUT2D eigenvalue weighted by molar-refractivity contribution is -0.302. The molecule has 1 fully saturated rings. The second-order valence-corrected chi connectivity index (χ2v) is 26.1. The van der Waals surface area contributed by atoms with Gasteiger partial charge in [-0.2, -0.15) is 0 Å². The molecule has 1 saturated heterocycles. The van der Waals surface area contributed by atoms with Crippen LogP contribution in [0.2, 0.25) is 0 Å². The van der Waals surface area contributed by atoms with Gasteiger partial charge in [0.05, 0.1) is 25.4 Å². The molecule has 1 aliphatic heterocycles. The highest BCUT2D eigenvalue weighted by molar-refractivity contribution is 5.76. The van der Waals surface area contributed by atoms with Crippen LogP contribution in [0.5, 0.6) is 0 Å². The molecule has 0 spiro atoms. The van der Waals surface area contributed by atoms with Crippen LogP contribution in [0.25, 0.3) is 0 Å². The van der Waals surface area contributed by atoms with Gasteiger partial charge in [0.1, 0.15) is 24.4 Å². The monoisotopic (exact) mass is 1270 g/mol. The molecule has 7 atom stereocenters. The summed E-state index contributed by atoms with van der Waals surface area (Å²) in [6, 6.07) is -0.819. The summed E-state index contributed by atoms with van der Waals surface area (Å²) in [4.78, 5) is 13.2. The number of amides is 1. The van der Waals surface area contributed by atoms with E-state index in [9.17, 15) is 30.3 Å². The quantitative estimate of drug-likeness (QED) is 0.0261. The van der Waals surface area contributed by atoms with E-state index in [1.807, 2.05) is 6.08 Å². The lowest BCUT2D eigenvalue weighted by atomic mass is 9.99. The molecule has 0 radical (unpaired) electrons. The van der Waals surface area contributed by atoms with E-state index in [0.29, 0.717) is 6.42 Å². The van der Waals surface area contributed by atoms with Crippen LogP contribution in [0.15, 0.2) is 122 Å². The van der Waals surface area contributed by atoms with Gasteiger partial charge in [0.25, 0.3) is 0 Å². The number of unbranched alkanes of at least 4 members (excludes halogenated alkanes) is 38. The second-order valence-electron chi connectivity index (χ2n) is 26.1. The van der Waals surface area contributed by atoms with E-state index in [2.05, 4.69) is 129 Å². The van der Waals surface area contributed by atoms with Gasteiger partial charge >= 0.3 is 0 Å². The lowest BCUT2D eigenvalue weighted by Crippen LogP contribution is -2.60.